The van der Waals surface area contributed by atoms with Gasteiger partial charge in [-0.05, 0) is 6.42 Å². The molecule has 0 radical (unpaired) electrons. The molecule has 0 rings (SSSR count). The number of ether oxygens (including phenoxy) is 1. The van der Waals surface area contributed by atoms with Crippen molar-refractivity contribution in [3.05, 3.63) is 24.3 Å². The first-order valence-electron chi connectivity index (χ1n) is 5.27. The van der Waals surface area contributed by atoms with Crippen molar-refractivity contribution in [2.45, 2.75) is 38.8 Å². The van der Waals surface area contributed by atoms with Crippen molar-refractivity contribution in [2.75, 3.05) is 7.11 Å². The van der Waals surface area contributed by atoms with Crippen LogP contribution in [0.15, 0.2) is 24.3 Å². The SMILES string of the molecule is CCCCCC(F)/C=C\C=C\C(=O)OC. The molecule has 15 heavy (non-hydrogen) atoms. The van der Waals surface area contributed by atoms with Gasteiger partial charge in [-0.1, -0.05) is 44.4 Å². The van der Waals surface area contributed by atoms with Crippen molar-refractivity contribution >= 4 is 5.97 Å². The summed E-state index contributed by atoms with van der Waals surface area (Å²) in [6.07, 6.45) is 8.43. The molecule has 0 bridgehead atoms. The number of alkyl halides is 1. The number of carbonyl (C=O) groups excluding carboxylic acids is 1. The largest absolute Gasteiger partial charge is 0.466 e. The van der Waals surface area contributed by atoms with E-state index in [0.29, 0.717) is 6.42 Å². The van der Waals surface area contributed by atoms with Crippen LogP contribution in [0.3, 0.4) is 0 Å². The quantitative estimate of drug-likeness (QED) is 0.281. The molecule has 0 aliphatic carbocycles. The van der Waals surface area contributed by atoms with Gasteiger partial charge in [0.15, 0.2) is 0 Å². The van der Waals surface area contributed by atoms with Crippen molar-refractivity contribution in [2.24, 2.45) is 0 Å². The Hall–Kier alpha value is -1.12. The number of unbranched alkanes of at least 4 members (excludes halogenated alkanes) is 2. The summed E-state index contributed by atoms with van der Waals surface area (Å²) in [7, 11) is 1.30. The maximum atomic E-state index is 13.1. The molecule has 3 heteroatoms. The molecule has 0 heterocycles. The van der Waals surface area contributed by atoms with Crippen LogP contribution in [0.2, 0.25) is 0 Å². The van der Waals surface area contributed by atoms with Gasteiger partial charge in [0.25, 0.3) is 0 Å². The summed E-state index contributed by atoms with van der Waals surface area (Å²) in [5, 5.41) is 0. The van der Waals surface area contributed by atoms with E-state index in [9.17, 15) is 9.18 Å². The fourth-order valence-electron chi connectivity index (χ4n) is 1.07. The van der Waals surface area contributed by atoms with E-state index in [1.165, 1.54) is 31.4 Å². The molecular formula is C12H19FO2. The topological polar surface area (TPSA) is 26.3 Å². The van der Waals surface area contributed by atoms with E-state index in [4.69, 9.17) is 0 Å². The summed E-state index contributed by atoms with van der Waals surface area (Å²) in [5.74, 6) is -0.430. The van der Waals surface area contributed by atoms with Gasteiger partial charge in [-0.25, -0.2) is 9.18 Å². The Morgan fingerprint density at radius 1 is 1.40 bits per heavy atom. The predicted molar refractivity (Wildman–Crippen MR) is 59.3 cm³/mol. The Balaban J connectivity index is 3.66. The van der Waals surface area contributed by atoms with Gasteiger partial charge in [0, 0.05) is 6.08 Å². The second-order valence-electron chi connectivity index (χ2n) is 3.28. The van der Waals surface area contributed by atoms with E-state index in [1.54, 1.807) is 0 Å². The van der Waals surface area contributed by atoms with Crippen LogP contribution < -0.4 is 0 Å². The summed E-state index contributed by atoms with van der Waals surface area (Å²) in [4.78, 5) is 10.6. The van der Waals surface area contributed by atoms with Gasteiger partial charge in [-0.2, -0.15) is 0 Å². The number of rotatable bonds is 7. The molecule has 0 aromatic carbocycles. The molecule has 0 spiro atoms. The number of halogens is 1. The predicted octanol–water partition coefficient (Wildman–Crippen LogP) is 3.19. The maximum Gasteiger partial charge on any atom is 0.330 e. The van der Waals surface area contributed by atoms with Crippen molar-refractivity contribution < 1.29 is 13.9 Å². The smallest absolute Gasteiger partial charge is 0.330 e. The maximum absolute atomic E-state index is 13.1. The molecule has 0 aromatic heterocycles. The lowest BCUT2D eigenvalue weighted by Gasteiger charge is -2.00. The zero-order valence-corrected chi connectivity index (χ0v) is 9.41. The van der Waals surface area contributed by atoms with Crippen molar-refractivity contribution in [3.63, 3.8) is 0 Å². The third-order valence-electron chi connectivity index (χ3n) is 1.95. The number of methoxy groups -OCH3 is 1. The van der Waals surface area contributed by atoms with E-state index in [2.05, 4.69) is 11.7 Å². The normalized spacial score (nSPS) is 13.5. The van der Waals surface area contributed by atoms with Crippen molar-refractivity contribution in [3.8, 4) is 0 Å². The third kappa shape index (κ3) is 9.19. The molecule has 2 nitrogen and oxygen atoms in total. The highest BCUT2D eigenvalue weighted by molar-refractivity contribution is 5.82. The third-order valence-corrected chi connectivity index (χ3v) is 1.95. The van der Waals surface area contributed by atoms with Crippen LogP contribution in [-0.2, 0) is 9.53 Å². The molecule has 1 unspecified atom stereocenters. The minimum Gasteiger partial charge on any atom is -0.466 e. The molecular weight excluding hydrogens is 195 g/mol. The first kappa shape index (κ1) is 13.9. The Morgan fingerprint density at radius 2 is 2.13 bits per heavy atom. The van der Waals surface area contributed by atoms with Crippen molar-refractivity contribution in [1.82, 2.24) is 0 Å². The molecule has 0 fully saturated rings. The standard InChI is InChI=1S/C12H19FO2/c1-3-4-5-8-11(13)9-6-7-10-12(14)15-2/h6-7,9-11H,3-5,8H2,1-2H3/b9-6-,10-7+. The number of allylic oxidation sites excluding steroid dienone is 3. The minimum absolute atomic E-state index is 0.430. The van der Waals surface area contributed by atoms with Gasteiger partial charge in [0.05, 0.1) is 7.11 Å². The van der Waals surface area contributed by atoms with Gasteiger partial charge in [0.1, 0.15) is 6.17 Å². The monoisotopic (exact) mass is 214 g/mol. The minimum atomic E-state index is -0.918. The summed E-state index contributed by atoms with van der Waals surface area (Å²) in [6, 6.07) is 0. The summed E-state index contributed by atoms with van der Waals surface area (Å²) < 4.78 is 17.5. The van der Waals surface area contributed by atoms with Crippen LogP contribution in [0.5, 0.6) is 0 Å². The highest BCUT2D eigenvalue weighted by Crippen LogP contribution is 2.07. The van der Waals surface area contributed by atoms with Crippen LogP contribution in [0.25, 0.3) is 0 Å². The van der Waals surface area contributed by atoms with Gasteiger partial charge >= 0.3 is 5.97 Å². The van der Waals surface area contributed by atoms with E-state index in [1.807, 2.05) is 0 Å². The first-order chi connectivity index (χ1) is 7.20. The van der Waals surface area contributed by atoms with E-state index in [-0.39, 0.29) is 0 Å². The molecule has 1 atom stereocenters. The number of hydrogen-bond acceptors (Lipinski definition) is 2. The van der Waals surface area contributed by atoms with Crippen LogP contribution in [0.1, 0.15) is 32.6 Å². The summed E-state index contributed by atoms with van der Waals surface area (Å²) in [6.45, 7) is 2.09. The average molecular weight is 214 g/mol. The summed E-state index contributed by atoms with van der Waals surface area (Å²) >= 11 is 0. The van der Waals surface area contributed by atoms with Crippen LogP contribution >= 0.6 is 0 Å². The lowest BCUT2D eigenvalue weighted by molar-refractivity contribution is -0.134. The lowest BCUT2D eigenvalue weighted by atomic mass is 10.1. The molecule has 0 saturated carbocycles. The molecule has 86 valence electrons. The molecule has 0 aromatic rings. The van der Waals surface area contributed by atoms with Crippen LogP contribution in [0, 0.1) is 0 Å². The highest BCUT2D eigenvalue weighted by atomic mass is 19.1. The molecule has 0 N–H and O–H groups in total. The first-order valence-corrected chi connectivity index (χ1v) is 5.27. The Labute approximate surface area is 90.8 Å². The second kappa shape index (κ2) is 9.44. The lowest BCUT2D eigenvalue weighted by Crippen LogP contribution is -1.95. The fraction of sp³-hybridized carbons (Fsp3) is 0.583. The highest BCUT2D eigenvalue weighted by Gasteiger charge is 1.99. The number of hydrogen-bond donors (Lipinski definition) is 0. The molecule has 0 amide bonds. The summed E-state index contributed by atoms with van der Waals surface area (Å²) in [5.41, 5.74) is 0. The van der Waals surface area contributed by atoms with Gasteiger partial charge < -0.3 is 4.74 Å². The van der Waals surface area contributed by atoms with E-state index < -0.39 is 12.1 Å². The zero-order valence-electron chi connectivity index (χ0n) is 9.41. The Bertz CT molecular complexity index is 222. The van der Waals surface area contributed by atoms with Crippen molar-refractivity contribution in [1.29, 1.82) is 0 Å². The molecule has 0 aliphatic heterocycles. The van der Waals surface area contributed by atoms with Gasteiger partial charge in [-0.3, -0.25) is 0 Å². The molecule has 0 saturated heterocycles. The number of esters is 1. The second-order valence-corrected chi connectivity index (χ2v) is 3.28. The van der Waals surface area contributed by atoms with Gasteiger partial charge in [-0.15, -0.1) is 0 Å². The Morgan fingerprint density at radius 3 is 2.73 bits per heavy atom. The van der Waals surface area contributed by atoms with Crippen LogP contribution in [-0.4, -0.2) is 19.3 Å². The Kier molecular flexibility index (Phi) is 8.73. The average Bonchev–Trinajstić information content (AvgIpc) is 2.24. The van der Waals surface area contributed by atoms with E-state index in [0.717, 1.165) is 19.3 Å². The zero-order chi connectivity index (χ0) is 11.5. The number of carbonyl (C=O) groups is 1. The molecule has 0 aliphatic rings. The van der Waals surface area contributed by atoms with Crippen LogP contribution in [0.4, 0.5) is 4.39 Å². The van der Waals surface area contributed by atoms with Gasteiger partial charge in [0.2, 0.25) is 0 Å². The fourth-order valence-corrected chi connectivity index (χ4v) is 1.07. The van der Waals surface area contributed by atoms with E-state index >= 15 is 0 Å².